The van der Waals surface area contributed by atoms with Crippen LogP contribution in [0.3, 0.4) is 0 Å². The van der Waals surface area contributed by atoms with Crippen molar-refractivity contribution in [3.05, 3.63) is 64.2 Å². The number of fused-ring (bicyclic) bond motifs is 1. The van der Waals surface area contributed by atoms with Gasteiger partial charge in [-0.25, -0.2) is 0 Å². The Morgan fingerprint density at radius 1 is 1.00 bits per heavy atom. The van der Waals surface area contributed by atoms with Crippen molar-refractivity contribution in [3.63, 3.8) is 0 Å². The third kappa shape index (κ3) is 2.22. The van der Waals surface area contributed by atoms with Gasteiger partial charge in [-0.2, -0.15) is 0 Å². The average molecular weight is 265 g/mol. The van der Waals surface area contributed by atoms with Gasteiger partial charge in [0.15, 0.2) is 0 Å². The van der Waals surface area contributed by atoms with Gasteiger partial charge in [-0.15, -0.1) is 0 Å². The first kappa shape index (κ1) is 12.9. The summed E-state index contributed by atoms with van der Waals surface area (Å²) in [6, 6.07) is 12.6. The maximum Gasteiger partial charge on any atom is 0.232 e. The van der Waals surface area contributed by atoms with Crippen LogP contribution >= 0.6 is 0 Å². The van der Waals surface area contributed by atoms with Crippen molar-refractivity contribution >= 4 is 11.6 Å². The maximum absolute atomic E-state index is 12.2. The molecular formula is C18H19NO. The fraction of sp³-hybridized carbons (Fsp3) is 0.278. The van der Waals surface area contributed by atoms with Gasteiger partial charge >= 0.3 is 0 Å². The van der Waals surface area contributed by atoms with E-state index in [0.29, 0.717) is 0 Å². The molecule has 0 fully saturated rings. The predicted octanol–water partition coefficient (Wildman–Crippen LogP) is 3.89. The van der Waals surface area contributed by atoms with E-state index in [0.717, 1.165) is 17.7 Å². The Morgan fingerprint density at radius 3 is 2.50 bits per heavy atom. The van der Waals surface area contributed by atoms with Gasteiger partial charge in [0.25, 0.3) is 0 Å². The summed E-state index contributed by atoms with van der Waals surface area (Å²) in [7, 11) is 0. The predicted molar refractivity (Wildman–Crippen MR) is 82.2 cm³/mol. The molecule has 0 spiro atoms. The molecule has 0 bridgehead atoms. The molecule has 0 saturated heterocycles. The fourth-order valence-electron chi connectivity index (χ4n) is 2.89. The summed E-state index contributed by atoms with van der Waals surface area (Å²) in [5, 5.41) is 2.99. The fourth-order valence-corrected chi connectivity index (χ4v) is 2.89. The van der Waals surface area contributed by atoms with E-state index in [9.17, 15) is 4.79 Å². The first-order valence-electron chi connectivity index (χ1n) is 7.02. The molecule has 2 heteroatoms. The summed E-state index contributed by atoms with van der Waals surface area (Å²) < 4.78 is 0. The van der Waals surface area contributed by atoms with E-state index in [-0.39, 0.29) is 11.8 Å². The molecule has 1 aliphatic rings. The van der Waals surface area contributed by atoms with E-state index in [2.05, 4.69) is 50.4 Å². The molecule has 0 aromatic heterocycles. The Morgan fingerprint density at radius 2 is 1.70 bits per heavy atom. The molecule has 0 aliphatic carbocycles. The van der Waals surface area contributed by atoms with Crippen molar-refractivity contribution < 1.29 is 4.79 Å². The number of carbonyl (C=O) groups excluding carboxylic acids is 1. The lowest BCUT2D eigenvalue weighted by Crippen LogP contribution is -2.14. The van der Waals surface area contributed by atoms with Gasteiger partial charge < -0.3 is 5.32 Å². The molecule has 0 saturated carbocycles. The standard InChI is InChI=1S/C18H19NO/c1-11-4-6-13(3)14(8-11)10-16-15-9-12(2)5-7-17(15)19-18(16)20/h4-9,16H,10H2,1-3H3,(H,19,20)/t16-/m1/s1. The van der Waals surface area contributed by atoms with Crippen LogP contribution in [-0.2, 0) is 11.2 Å². The smallest absolute Gasteiger partial charge is 0.232 e. The number of anilines is 1. The SMILES string of the molecule is Cc1ccc(C)c(C[C@H]2C(=O)Nc3ccc(C)cc32)c1. The molecule has 1 N–H and O–H groups in total. The number of nitrogens with one attached hydrogen (secondary N) is 1. The Balaban J connectivity index is 1.97. The lowest BCUT2D eigenvalue weighted by molar-refractivity contribution is -0.117. The molecule has 1 aliphatic heterocycles. The van der Waals surface area contributed by atoms with Crippen LogP contribution in [0.2, 0.25) is 0 Å². The molecule has 0 unspecified atom stereocenters. The minimum Gasteiger partial charge on any atom is -0.325 e. The number of aryl methyl sites for hydroxylation is 3. The van der Waals surface area contributed by atoms with Crippen molar-refractivity contribution in [1.29, 1.82) is 0 Å². The van der Waals surface area contributed by atoms with Gasteiger partial charge in [0, 0.05) is 5.69 Å². The minimum absolute atomic E-state index is 0.0644. The van der Waals surface area contributed by atoms with E-state index < -0.39 is 0 Å². The molecule has 0 radical (unpaired) electrons. The Bertz CT molecular complexity index is 688. The normalized spacial score (nSPS) is 16.9. The van der Waals surface area contributed by atoms with Crippen LogP contribution in [0.1, 0.15) is 33.7 Å². The summed E-state index contributed by atoms with van der Waals surface area (Å²) in [5.41, 5.74) is 7.07. The van der Waals surface area contributed by atoms with Crippen LogP contribution in [0.25, 0.3) is 0 Å². The van der Waals surface area contributed by atoms with Gasteiger partial charge in [0.1, 0.15) is 0 Å². The van der Waals surface area contributed by atoms with Crippen LogP contribution in [0.4, 0.5) is 5.69 Å². The number of hydrogen-bond donors (Lipinski definition) is 1. The third-order valence-electron chi connectivity index (χ3n) is 4.09. The highest BCUT2D eigenvalue weighted by atomic mass is 16.2. The number of hydrogen-bond acceptors (Lipinski definition) is 1. The first-order chi connectivity index (χ1) is 9.54. The second kappa shape index (κ2) is 4.78. The molecule has 102 valence electrons. The van der Waals surface area contributed by atoms with Crippen molar-refractivity contribution in [2.24, 2.45) is 0 Å². The quantitative estimate of drug-likeness (QED) is 0.877. The summed E-state index contributed by atoms with van der Waals surface area (Å²) in [6.45, 7) is 6.27. The van der Waals surface area contributed by atoms with Crippen molar-refractivity contribution in [2.75, 3.05) is 5.32 Å². The Kier molecular flexibility index (Phi) is 3.09. The number of amides is 1. The third-order valence-corrected chi connectivity index (χ3v) is 4.09. The second-order valence-corrected chi connectivity index (χ2v) is 5.77. The van der Waals surface area contributed by atoms with Gasteiger partial charge in [0.05, 0.1) is 5.92 Å². The molecule has 2 nitrogen and oxygen atoms in total. The molecule has 1 amide bonds. The van der Waals surface area contributed by atoms with E-state index >= 15 is 0 Å². The summed E-state index contributed by atoms with van der Waals surface area (Å²) in [4.78, 5) is 12.2. The topological polar surface area (TPSA) is 29.1 Å². The minimum atomic E-state index is -0.0644. The molecule has 1 heterocycles. The van der Waals surface area contributed by atoms with E-state index in [1.54, 1.807) is 0 Å². The molecule has 2 aromatic carbocycles. The lowest BCUT2D eigenvalue weighted by atomic mass is 9.90. The highest BCUT2D eigenvalue weighted by Crippen LogP contribution is 2.35. The monoisotopic (exact) mass is 265 g/mol. The zero-order valence-electron chi connectivity index (χ0n) is 12.2. The van der Waals surface area contributed by atoms with Crippen LogP contribution in [0.5, 0.6) is 0 Å². The molecule has 2 aromatic rings. The second-order valence-electron chi connectivity index (χ2n) is 5.77. The highest BCUT2D eigenvalue weighted by molar-refractivity contribution is 6.03. The Hall–Kier alpha value is -2.09. The van der Waals surface area contributed by atoms with E-state index in [1.165, 1.54) is 22.3 Å². The van der Waals surface area contributed by atoms with E-state index in [4.69, 9.17) is 0 Å². The van der Waals surface area contributed by atoms with Crippen molar-refractivity contribution in [2.45, 2.75) is 33.1 Å². The summed E-state index contributed by atoms with van der Waals surface area (Å²) >= 11 is 0. The van der Waals surface area contributed by atoms with Gasteiger partial charge in [0.2, 0.25) is 5.91 Å². The number of benzene rings is 2. The van der Waals surface area contributed by atoms with E-state index in [1.807, 2.05) is 12.1 Å². The zero-order valence-corrected chi connectivity index (χ0v) is 12.2. The highest BCUT2D eigenvalue weighted by Gasteiger charge is 2.30. The van der Waals surface area contributed by atoms with Gasteiger partial charge in [-0.1, -0.05) is 41.5 Å². The molecule has 20 heavy (non-hydrogen) atoms. The van der Waals surface area contributed by atoms with Crippen molar-refractivity contribution in [3.8, 4) is 0 Å². The first-order valence-corrected chi connectivity index (χ1v) is 7.02. The largest absolute Gasteiger partial charge is 0.325 e. The van der Waals surface area contributed by atoms with Gasteiger partial charge in [-0.05, 0) is 49.9 Å². The lowest BCUT2D eigenvalue weighted by Gasteiger charge is -2.12. The maximum atomic E-state index is 12.2. The molecule has 3 rings (SSSR count). The summed E-state index contributed by atoms with van der Waals surface area (Å²) in [6.07, 6.45) is 0.774. The number of rotatable bonds is 2. The molecular weight excluding hydrogens is 246 g/mol. The van der Waals surface area contributed by atoms with Crippen LogP contribution in [0.15, 0.2) is 36.4 Å². The Labute approximate surface area is 119 Å². The number of carbonyl (C=O) groups is 1. The van der Waals surface area contributed by atoms with Gasteiger partial charge in [-0.3, -0.25) is 4.79 Å². The van der Waals surface area contributed by atoms with Crippen LogP contribution in [0, 0.1) is 20.8 Å². The summed E-state index contributed by atoms with van der Waals surface area (Å²) in [5.74, 6) is 0.0527. The average Bonchev–Trinajstić information content (AvgIpc) is 2.70. The molecule has 1 atom stereocenters. The zero-order chi connectivity index (χ0) is 14.3. The van der Waals surface area contributed by atoms with Crippen LogP contribution < -0.4 is 5.32 Å². The van der Waals surface area contributed by atoms with Crippen LogP contribution in [-0.4, -0.2) is 5.91 Å². The van der Waals surface area contributed by atoms with Crippen molar-refractivity contribution in [1.82, 2.24) is 0 Å².